The number of aliphatic imine (C=N–C) groups is 1. The van der Waals surface area contributed by atoms with Crippen LogP contribution in [-0.4, -0.2) is 19.0 Å². The van der Waals surface area contributed by atoms with Crippen molar-refractivity contribution >= 4 is 5.96 Å². The molecule has 0 aliphatic heterocycles. The second-order valence-corrected chi connectivity index (χ2v) is 4.96. The first-order valence-corrected chi connectivity index (χ1v) is 7.16. The molecule has 22 heavy (non-hydrogen) atoms. The molecule has 0 spiro atoms. The van der Waals surface area contributed by atoms with Gasteiger partial charge in [0.15, 0.2) is 5.96 Å². The Labute approximate surface area is 128 Å². The first-order valence-electron chi connectivity index (χ1n) is 7.16. The quantitative estimate of drug-likeness (QED) is 0.637. The highest BCUT2D eigenvalue weighted by Crippen LogP contribution is 2.08. The minimum absolute atomic E-state index is 0.341. The maximum absolute atomic E-state index is 13.0. The van der Waals surface area contributed by atoms with Gasteiger partial charge in [-0.1, -0.05) is 30.3 Å². The van der Waals surface area contributed by atoms with Crippen molar-refractivity contribution in [1.29, 1.82) is 0 Å². The van der Waals surface area contributed by atoms with E-state index in [1.807, 2.05) is 30.3 Å². The van der Waals surface area contributed by atoms with Crippen molar-refractivity contribution in [2.24, 2.45) is 10.7 Å². The fourth-order valence-corrected chi connectivity index (χ4v) is 2.10. The fourth-order valence-electron chi connectivity index (χ4n) is 2.10. The lowest BCUT2D eigenvalue weighted by molar-refractivity contribution is 0.579. The number of rotatable bonds is 6. The first kappa shape index (κ1) is 15.9. The van der Waals surface area contributed by atoms with Crippen molar-refractivity contribution in [3.63, 3.8) is 0 Å². The summed E-state index contributed by atoms with van der Waals surface area (Å²) in [5, 5.41) is 2.94. The zero-order chi connectivity index (χ0) is 15.8. The Bertz CT molecular complexity index is 607. The van der Waals surface area contributed by atoms with Gasteiger partial charge in [-0.25, -0.2) is 8.78 Å². The maximum atomic E-state index is 13.0. The van der Waals surface area contributed by atoms with Crippen LogP contribution < -0.4 is 11.1 Å². The van der Waals surface area contributed by atoms with Crippen LogP contribution in [0.2, 0.25) is 0 Å². The summed E-state index contributed by atoms with van der Waals surface area (Å²) in [6.45, 7) is 1.07. The van der Waals surface area contributed by atoms with Crippen LogP contribution in [0.25, 0.3) is 0 Å². The summed E-state index contributed by atoms with van der Waals surface area (Å²) in [6.07, 6.45) is 1.29. The zero-order valence-electron chi connectivity index (χ0n) is 12.2. The molecule has 3 nitrogen and oxygen atoms in total. The van der Waals surface area contributed by atoms with Crippen LogP contribution in [-0.2, 0) is 12.8 Å². The molecule has 2 aromatic carbocycles. The molecule has 0 heterocycles. The van der Waals surface area contributed by atoms with Gasteiger partial charge >= 0.3 is 0 Å². The molecule has 0 bridgehead atoms. The third-order valence-electron chi connectivity index (χ3n) is 3.17. The molecule has 5 heteroatoms. The molecule has 0 atom stereocenters. The summed E-state index contributed by atoms with van der Waals surface area (Å²) in [5.41, 5.74) is 7.54. The topological polar surface area (TPSA) is 50.4 Å². The highest BCUT2D eigenvalue weighted by atomic mass is 19.1. The molecule has 0 aromatic heterocycles. The lowest BCUT2D eigenvalue weighted by Crippen LogP contribution is -2.33. The Morgan fingerprint density at radius 1 is 0.955 bits per heavy atom. The fraction of sp³-hybridized carbons (Fsp3) is 0.235. The molecule has 0 saturated heterocycles. The highest BCUT2D eigenvalue weighted by Gasteiger charge is 2.01. The molecule has 0 aliphatic carbocycles. The van der Waals surface area contributed by atoms with E-state index in [1.54, 1.807) is 0 Å². The standard InChI is InChI=1S/C17H19F2N3/c18-15-10-14(11-16(19)12-15)7-9-22-17(20)21-8-6-13-4-2-1-3-5-13/h1-5,10-12H,6-9H2,(H3,20,21,22). The van der Waals surface area contributed by atoms with Crippen molar-refractivity contribution in [3.05, 3.63) is 71.3 Å². The summed E-state index contributed by atoms with van der Waals surface area (Å²) < 4.78 is 26.1. The number of nitrogens with two attached hydrogens (primary N) is 1. The lowest BCUT2D eigenvalue weighted by atomic mass is 10.1. The maximum Gasteiger partial charge on any atom is 0.188 e. The summed E-state index contributed by atoms with van der Waals surface area (Å²) >= 11 is 0. The molecular weight excluding hydrogens is 284 g/mol. The first-order chi connectivity index (χ1) is 10.6. The minimum Gasteiger partial charge on any atom is -0.370 e. The molecule has 0 saturated carbocycles. The van der Waals surface area contributed by atoms with E-state index in [2.05, 4.69) is 10.3 Å². The van der Waals surface area contributed by atoms with Crippen LogP contribution in [0.1, 0.15) is 11.1 Å². The Hall–Kier alpha value is -2.43. The lowest BCUT2D eigenvalue weighted by Gasteiger charge is -2.06. The van der Waals surface area contributed by atoms with Gasteiger partial charge in [-0.2, -0.15) is 0 Å². The summed E-state index contributed by atoms with van der Waals surface area (Å²) in [5.74, 6) is -0.799. The number of halogens is 2. The van der Waals surface area contributed by atoms with E-state index < -0.39 is 11.6 Å². The van der Waals surface area contributed by atoms with E-state index in [-0.39, 0.29) is 0 Å². The van der Waals surface area contributed by atoms with Crippen molar-refractivity contribution in [3.8, 4) is 0 Å². The molecule has 3 N–H and O–H groups in total. The van der Waals surface area contributed by atoms with Crippen LogP contribution in [0.5, 0.6) is 0 Å². The molecular formula is C17H19F2N3. The van der Waals surface area contributed by atoms with Crippen LogP contribution >= 0.6 is 0 Å². The summed E-state index contributed by atoms with van der Waals surface area (Å²) in [7, 11) is 0. The van der Waals surface area contributed by atoms with E-state index in [4.69, 9.17) is 5.73 Å². The van der Waals surface area contributed by atoms with Crippen LogP contribution in [0, 0.1) is 11.6 Å². The smallest absolute Gasteiger partial charge is 0.188 e. The van der Waals surface area contributed by atoms with E-state index in [0.717, 1.165) is 12.5 Å². The number of nitrogens with one attached hydrogen (secondary N) is 1. The normalized spacial score (nSPS) is 11.5. The highest BCUT2D eigenvalue weighted by molar-refractivity contribution is 5.77. The Kier molecular flexibility index (Phi) is 5.89. The molecule has 2 aromatic rings. The van der Waals surface area contributed by atoms with Gasteiger partial charge < -0.3 is 11.1 Å². The average molecular weight is 303 g/mol. The van der Waals surface area contributed by atoms with E-state index in [1.165, 1.54) is 17.7 Å². The van der Waals surface area contributed by atoms with Gasteiger partial charge in [-0.05, 0) is 36.1 Å². The molecule has 116 valence electrons. The molecule has 2 rings (SSSR count). The Morgan fingerprint density at radius 3 is 2.32 bits per heavy atom. The van der Waals surface area contributed by atoms with Crippen molar-refractivity contribution in [2.75, 3.05) is 13.1 Å². The van der Waals surface area contributed by atoms with Gasteiger partial charge in [-0.3, -0.25) is 4.99 Å². The summed E-state index contributed by atoms with van der Waals surface area (Å²) in [4.78, 5) is 4.22. The second-order valence-electron chi connectivity index (χ2n) is 4.96. The molecule has 0 radical (unpaired) electrons. The SMILES string of the molecule is NC(=NCCc1ccccc1)NCCc1cc(F)cc(F)c1. The van der Waals surface area contributed by atoms with E-state index >= 15 is 0 Å². The van der Waals surface area contributed by atoms with Gasteiger partial charge in [0, 0.05) is 19.2 Å². The van der Waals surface area contributed by atoms with Crippen molar-refractivity contribution in [1.82, 2.24) is 5.32 Å². The van der Waals surface area contributed by atoms with Gasteiger partial charge in [0.1, 0.15) is 11.6 Å². The monoisotopic (exact) mass is 303 g/mol. The Balaban J connectivity index is 1.72. The van der Waals surface area contributed by atoms with Crippen molar-refractivity contribution in [2.45, 2.75) is 12.8 Å². The van der Waals surface area contributed by atoms with Gasteiger partial charge in [0.05, 0.1) is 0 Å². The van der Waals surface area contributed by atoms with Crippen LogP contribution in [0.3, 0.4) is 0 Å². The number of guanidine groups is 1. The zero-order valence-corrected chi connectivity index (χ0v) is 12.2. The summed E-state index contributed by atoms with van der Waals surface area (Å²) in [6, 6.07) is 13.5. The third kappa shape index (κ3) is 5.52. The van der Waals surface area contributed by atoms with E-state index in [0.29, 0.717) is 31.0 Å². The molecule has 0 fully saturated rings. The van der Waals surface area contributed by atoms with Gasteiger partial charge in [0.25, 0.3) is 0 Å². The minimum atomic E-state index is -0.570. The van der Waals surface area contributed by atoms with E-state index in [9.17, 15) is 8.78 Å². The Morgan fingerprint density at radius 2 is 1.64 bits per heavy atom. The second kappa shape index (κ2) is 8.12. The predicted octanol–water partition coefficient (Wildman–Crippen LogP) is 2.65. The van der Waals surface area contributed by atoms with Crippen LogP contribution in [0.4, 0.5) is 8.78 Å². The predicted molar refractivity (Wildman–Crippen MR) is 84.7 cm³/mol. The number of benzene rings is 2. The number of hydrogen-bond acceptors (Lipinski definition) is 1. The average Bonchev–Trinajstić information content (AvgIpc) is 2.47. The van der Waals surface area contributed by atoms with Crippen molar-refractivity contribution < 1.29 is 8.78 Å². The van der Waals surface area contributed by atoms with Gasteiger partial charge in [0.2, 0.25) is 0 Å². The third-order valence-corrected chi connectivity index (χ3v) is 3.17. The van der Waals surface area contributed by atoms with Gasteiger partial charge in [-0.15, -0.1) is 0 Å². The number of hydrogen-bond donors (Lipinski definition) is 2. The van der Waals surface area contributed by atoms with Crippen LogP contribution in [0.15, 0.2) is 53.5 Å². The largest absolute Gasteiger partial charge is 0.370 e. The molecule has 0 amide bonds. The molecule has 0 aliphatic rings. The number of nitrogens with zero attached hydrogens (tertiary/aromatic N) is 1. The molecule has 0 unspecified atom stereocenters.